The zero-order chi connectivity index (χ0) is 17.1. The third-order valence-electron chi connectivity index (χ3n) is 4.86. The summed E-state index contributed by atoms with van der Waals surface area (Å²) >= 11 is 0. The Balaban J connectivity index is 5.17. The van der Waals surface area contributed by atoms with Crippen molar-refractivity contribution in [1.82, 2.24) is 0 Å². The van der Waals surface area contributed by atoms with E-state index in [0.717, 1.165) is 6.42 Å². The summed E-state index contributed by atoms with van der Waals surface area (Å²) in [5, 5.41) is 0. The van der Waals surface area contributed by atoms with Crippen molar-refractivity contribution >= 4 is 0 Å². The molecule has 0 aliphatic rings. The van der Waals surface area contributed by atoms with Crippen molar-refractivity contribution in [2.24, 2.45) is 17.8 Å². The largest absolute Gasteiger partial charge is 0.0991 e. The third-order valence-corrected chi connectivity index (χ3v) is 4.86. The van der Waals surface area contributed by atoms with Gasteiger partial charge in [-0.3, -0.25) is 0 Å². The van der Waals surface area contributed by atoms with Crippen molar-refractivity contribution in [3.8, 4) is 0 Å². The maximum atomic E-state index is 3.72. The van der Waals surface area contributed by atoms with E-state index in [1.165, 1.54) is 23.1 Å². The Labute approximate surface area is 139 Å². The number of hydrogen-bond donors (Lipinski definition) is 0. The SMILES string of the molecule is C=C/C=C\C=C(/C)C(C)C(CC)C(C)C=C(C)/C(=C\C)CC. The lowest BCUT2D eigenvalue weighted by Crippen LogP contribution is -2.19. The van der Waals surface area contributed by atoms with Gasteiger partial charge in [-0.2, -0.15) is 0 Å². The summed E-state index contributed by atoms with van der Waals surface area (Å²) in [6.45, 7) is 19.6. The summed E-state index contributed by atoms with van der Waals surface area (Å²) in [5.74, 6) is 1.86. The maximum absolute atomic E-state index is 3.72. The van der Waals surface area contributed by atoms with E-state index in [1.54, 1.807) is 0 Å². The molecular weight excluding hydrogens is 264 g/mol. The van der Waals surface area contributed by atoms with Crippen LogP contribution < -0.4 is 0 Å². The highest BCUT2D eigenvalue weighted by molar-refractivity contribution is 5.29. The molecule has 0 N–H and O–H groups in total. The van der Waals surface area contributed by atoms with Gasteiger partial charge in [0.15, 0.2) is 0 Å². The van der Waals surface area contributed by atoms with Gasteiger partial charge in [0.1, 0.15) is 0 Å². The molecule has 3 unspecified atom stereocenters. The standard InChI is InChI=1S/C22H36/c1-9-13-14-15-17(5)20(8)22(12-4)19(7)16-18(6)21(10-2)11-3/h9-10,13-16,19-20,22H,1,11-12H2,2-8H3/b14-13-,17-15+,18-16?,21-10-. The summed E-state index contributed by atoms with van der Waals surface area (Å²) < 4.78 is 0. The summed E-state index contributed by atoms with van der Waals surface area (Å²) in [7, 11) is 0. The Kier molecular flexibility index (Phi) is 10.6. The second-order valence-electron chi connectivity index (χ2n) is 6.27. The summed E-state index contributed by atoms with van der Waals surface area (Å²) in [6, 6.07) is 0. The minimum atomic E-state index is 0.591. The summed E-state index contributed by atoms with van der Waals surface area (Å²) in [5.41, 5.74) is 4.36. The fourth-order valence-electron chi connectivity index (χ4n) is 3.29. The lowest BCUT2D eigenvalue weighted by atomic mass is 9.77. The average Bonchev–Trinajstić information content (AvgIpc) is 2.49. The van der Waals surface area contributed by atoms with Crippen molar-refractivity contribution in [1.29, 1.82) is 0 Å². The van der Waals surface area contributed by atoms with Gasteiger partial charge in [-0.1, -0.05) is 88.3 Å². The summed E-state index contributed by atoms with van der Waals surface area (Å²) in [4.78, 5) is 0. The Morgan fingerprint density at radius 3 is 2.18 bits per heavy atom. The second-order valence-corrected chi connectivity index (χ2v) is 6.27. The zero-order valence-corrected chi connectivity index (χ0v) is 15.8. The average molecular weight is 301 g/mol. The van der Waals surface area contributed by atoms with Crippen molar-refractivity contribution < 1.29 is 0 Å². The van der Waals surface area contributed by atoms with E-state index >= 15 is 0 Å². The van der Waals surface area contributed by atoms with Gasteiger partial charge in [0.2, 0.25) is 0 Å². The van der Waals surface area contributed by atoms with Crippen LogP contribution in [0.2, 0.25) is 0 Å². The number of hydrogen-bond acceptors (Lipinski definition) is 0. The molecule has 0 aromatic heterocycles. The van der Waals surface area contributed by atoms with Crippen LogP contribution in [-0.2, 0) is 0 Å². The molecule has 0 radical (unpaired) electrons. The molecule has 0 spiro atoms. The molecular formula is C22H36. The van der Waals surface area contributed by atoms with Crippen molar-refractivity contribution in [3.05, 3.63) is 59.8 Å². The molecule has 0 heteroatoms. The van der Waals surface area contributed by atoms with Crippen LogP contribution in [0.4, 0.5) is 0 Å². The van der Waals surface area contributed by atoms with Gasteiger partial charge < -0.3 is 0 Å². The van der Waals surface area contributed by atoms with Gasteiger partial charge in [0.05, 0.1) is 0 Å². The Morgan fingerprint density at radius 2 is 1.73 bits per heavy atom. The van der Waals surface area contributed by atoms with E-state index in [9.17, 15) is 0 Å². The van der Waals surface area contributed by atoms with Crippen molar-refractivity contribution in [2.75, 3.05) is 0 Å². The van der Waals surface area contributed by atoms with Crippen LogP contribution in [0.5, 0.6) is 0 Å². The Morgan fingerprint density at radius 1 is 1.09 bits per heavy atom. The fraction of sp³-hybridized carbons (Fsp3) is 0.545. The molecule has 0 aromatic carbocycles. The van der Waals surface area contributed by atoms with Gasteiger partial charge in [-0.25, -0.2) is 0 Å². The highest BCUT2D eigenvalue weighted by Crippen LogP contribution is 2.32. The van der Waals surface area contributed by atoms with Crippen LogP contribution in [0.15, 0.2) is 59.8 Å². The second kappa shape index (κ2) is 11.3. The van der Waals surface area contributed by atoms with Crippen molar-refractivity contribution in [2.45, 2.75) is 61.3 Å². The third kappa shape index (κ3) is 6.64. The van der Waals surface area contributed by atoms with Crippen LogP contribution in [0, 0.1) is 17.8 Å². The topological polar surface area (TPSA) is 0 Å². The molecule has 0 rings (SSSR count). The van der Waals surface area contributed by atoms with Crippen LogP contribution in [0.25, 0.3) is 0 Å². The van der Waals surface area contributed by atoms with Gasteiger partial charge >= 0.3 is 0 Å². The van der Waals surface area contributed by atoms with Crippen LogP contribution in [-0.4, -0.2) is 0 Å². The van der Waals surface area contributed by atoms with E-state index < -0.39 is 0 Å². The fourth-order valence-corrected chi connectivity index (χ4v) is 3.29. The van der Waals surface area contributed by atoms with Crippen LogP contribution in [0.3, 0.4) is 0 Å². The van der Waals surface area contributed by atoms with Gasteiger partial charge in [0, 0.05) is 0 Å². The molecule has 0 saturated heterocycles. The highest BCUT2D eigenvalue weighted by Gasteiger charge is 2.21. The monoisotopic (exact) mass is 300 g/mol. The molecule has 3 atom stereocenters. The van der Waals surface area contributed by atoms with E-state index in [4.69, 9.17) is 0 Å². The molecule has 0 heterocycles. The van der Waals surface area contributed by atoms with Gasteiger partial charge in [0.25, 0.3) is 0 Å². The quantitative estimate of drug-likeness (QED) is 0.392. The van der Waals surface area contributed by atoms with Crippen LogP contribution >= 0.6 is 0 Å². The molecule has 22 heavy (non-hydrogen) atoms. The Hall–Kier alpha value is -1.30. The van der Waals surface area contributed by atoms with E-state index in [1.807, 2.05) is 12.2 Å². The lowest BCUT2D eigenvalue weighted by Gasteiger charge is -2.28. The van der Waals surface area contributed by atoms with Gasteiger partial charge in [-0.05, 0) is 50.5 Å². The zero-order valence-electron chi connectivity index (χ0n) is 15.8. The molecule has 0 aromatic rings. The predicted molar refractivity (Wildman–Crippen MR) is 103 cm³/mol. The molecule has 0 amide bonds. The highest BCUT2D eigenvalue weighted by atomic mass is 14.3. The maximum Gasteiger partial charge on any atom is -0.0198 e. The van der Waals surface area contributed by atoms with E-state index in [2.05, 4.69) is 79.3 Å². The lowest BCUT2D eigenvalue weighted by molar-refractivity contribution is 0.316. The summed E-state index contributed by atoms with van der Waals surface area (Å²) in [6.07, 6.45) is 15.2. The molecule has 0 saturated carbocycles. The minimum Gasteiger partial charge on any atom is -0.0991 e. The predicted octanol–water partition coefficient (Wildman–Crippen LogP) is 7.28. The first-order chi connectivity index (χ1) is 10.4. The van der Waals surface area contributed by atoms with Crippen LogP contribution in [0.1, 0.15) is 61.3 Å². The molecule has 0 bridgehead atoms. The molecule has 0 aliphatic heterocycles. The first-order valence-electron chi connectivity index (χ1n) is 8.72. The van der Waals surface area contributed by atoms with E-state index in [-0.39, 0.29) is 0 Å². The molecule has 0 nitrogen and oxygen atoms in total. The molecule has 0 aliphatic carbocycles. The number of allylic oxidation sites excluding steroid dienone is 9. The first kappa shape index (κ1) is 20.7. The Bertz CT molecular complexity index is 443. The number of rotatable bonds is 9. The smallest absolute Gasteiger partial charge is 0.0198 e. The van der Waals surface area contributed by atoms with Gasteiger partial charge in [-0.15, -0.1) is 0 Å². The molecule has 0 fully saturated rings. The normalized spacial score (nSPS) is 18.4. The molecule has 124 valence electrons. The first-order valence-corrected chi connectivity index (χ1v) is 8.72. The minimum absolute atomic E-state index is 0.591. The van der Waals surface area contributed by atoms with Crippen molar-refractivity contribution in [3.63, 3.8) is 0 Å². The van der Waals surface area contributed by atoms with E-state index in [0.29, 0.717) is 17.8 Å².